The maximum atomic E-state index is 11.9. The van der Waals surface area contributed by atoms with Crippen LogP contribution >= 0.6 is 0 Å². The zero-order valence-corrected chi connectivity index (χ0v) is 9.97. The summed E-state index contributed by atoms with van der Waals surface area (Å²) in [4.78, 5) is 30.8. The quantitative estimate of drug-likeness (QED) is 0.378. The number of likely N-dealkylation sites (N-methyl/N-ethyl adjacent to an activating group) is 1. The maximum absolute atomic E-state index is 11.9. The Kier molecular flexibility index (Phi) is 2.66. The van der Waals surface area contributed by atoms with Crippen LogP contribution in [0.15, 0.2) is 4.99 Å². The fraction of sp³-hybridized carbons (Fsp3) is 0.667. The van der Waals surface area contributed by atoms with Gasteiger partial charge in [0.1, 0.15) is 0 Å². The van der Waals surface area contributed by atoms with Crippen LogP contribution in [0.5, 0.6) is 0 Å². The summed E-state index contributed by atoms with van der Waals surface area (Å²) in [6, 6.07) is -0.919. The lowest BCUT2D eigenvalue weighted by Crippen LogP contribution is -2.65. The molecule has 2 rings (SSSR count). The first-order chi connectivity index (χ1) is 7.97. The van der Waals surface area contributed by atoms with Gasteiger partial charge in [0.05, 0.1) is 0 Å². The molecule has 2 atom stereocenters. The van der Waals surface area contributed by atoms with Crippen LogP contribution in [0.4, 0.5) is 4.79 Å². The van der Waals surface area contributed by atoms with Crippen molar-refractivity contribution in [2.75, 3.05) is 7.05 Å². The number of carbonyl (C=O) groups excluding carboxylic acids is 2. The summed E-state index contributed by atoms with van der Waals surface area (Å²) in [6.07, 6.45) is -0.523. The van der Waals surface area contributed by atoms with Crippen molar-refractivity contribution in [2.24, 2.45) is 10.8 Å². The third-order valence-electron chi connectivity index (χ3n) is 2.98. The molecule has 1 fully saturated rings. The standard InChI is InChI=1S/C9H16N6O2/c1-4(2)15-5-6(11-8(15)13-10)14(3)9(17)12-7(5)16/h4-6H,10H2,1-3H3,(H,11,13)(H,12,16,17). The van der Waals surface area contributed by atoms with Crippen LogP contribution in [-0.4, -0.2) is 53.0 Å². The van der Waals surface area contributed by atoms with Crippen molar-refractivity contribution in [3.8, 4) is 0 Å². The van der Waals surface area contributed by atoms with Gasteiger partial charge in [0.2, 0.25) is 5.96 Å². The number of nitrogens with two attached hydrogens (primary N) is 1. The van der Waals surface area contributed by atoms with Gasteiger partial charge in [0, 0.05) is 13.1 Å². The van der Waals surface area contributed by atoms with E-state index in [1.807, 2.05) is 13.8 Å². The predicted octanol–water partition coefficient (Wildman–Crippen LogP) is -1.59. The molecule has 2 heterocycles. The van der Waals surface area contributed by atoms with Gasteiger partial charge in [0.25, 0.3) is 5.91 Å². The van der Waals surface area contributed by atoms with Gasteiger partial charge in [-0.3, -0.25) is 15.5 Å². The van der Waals surface area contributed by atoms with Gasteiger partial charge in [-0.15, -0.1) is 0 Å². The second-order valence-electron chi connectivity index (χ2n) is 4.36. The first-order valence-electron chi connectivity index (χ1n) is 5.37. The van der Waals surface area contributed by atoms with Crippen LogP contribution in [0.25, 0.3) is 0 Å². The number of aliphatic imine (C=N–C) groups is 1. The third kappa shape index (κ3) is 1.60. The molecule has 0 aliphatic carbocycles. The molecule has 8 heteroatoms. The van der Waals surface area contributed by atoms with Crippen LogP contribution in [0.2, 0.25) is 0 Å². The van der Waals surface area contributed by atoms with Gasteiger partial charge >= 0.3 is 6.03 Å². The van der Waals surface area contributed by atoms with Gasteiger partial charge in [0.15, 0.2) is 12.2 Å². The van der Waals surface area contributed by atoms with E-state index in [2.05, 4.69) is 15.7 Å². The predicted molar refractivity (Wildman–Crippen MR) is 60.6 cm³/mol. The van der Waals surface area contributed by atoms with Gasteiger partial charge in [-0.05, 0) is 13.8 Å². The number of rotatable bonds is 1. The number of nitrogens with zero attached hydrogens (tertiary/aromatic N) is 3. The molecule has 2 aliphatic heterocycles. The van der Waals surface area contributed by atoms with Crippen LogP contribution in [0, 0.1) is 0 Å². The summed E-state index contributed by atoms with van der Waals surface area (Å²) in [5.41, 5.74) is 2.47. The van der Waals surface area contributed by atoms with Crippen molar-refractivity contribution in [2.45, 2.75) is 32.1 Å². The highest BCUT2D eigenvalue weighted by Gasteiger charge is 2.49. The molecule has 17 heavy (non-hydrogen) atoms. The summed E-state index contributed by atoms with van der Waals surface area (Å²) in [5.74, 6) is 5.46. The van der Waals surface area contributed by atoms with E-state index in [-0.39, 0.29) is 11.9 Å². The number of nitrogens with one attached hydrogen (secondary N) is 2. The molecule has 0 bridgehead atoms. The normalized spacial score (nSPS) is 28.2. The first kappa shape index (κ1) is 11.6. The topological polar surface area (TPSA) is 103 Å². The van der Waals surface area contributed by atoms with Crippen molar-refractivity contribution in [3.63, 3.8) is 0 Å². The number of fused-ring (bicyclic) bond motifs is 1. The number of hydrogen-bond acceptors (Lipinski definition) is 6. The Labute approximate surface area is 98.8 Å². The third-order valence-corrected chi connectivity index (χ3v) is 2.98. The average molecular weight is 240 g/mol. The SMILES string of the molecule is CC(C)N1C(NN)=NC2C1C(=O)NC(=O)N2C. The second-order valence-corrected chi connectivity index (χ2v) is 4.36. The number of guanidine groups is 1. The Hall–Kier alpha value is -1.83. The van der Waals surface area contributed by atoms with Crippen LogP contribution in [-0.2, 0) is 4.79 Å². The molecule has 8 nitrogen and oxygen atoms in total. The molecule has 0 aromatic rings. The van der Waals surface area contributed by atoms with E-state index in [0.29, 0.717) is 5.96 Å². The molecular weight excluding hydrogens is 224 g/mol. The van der Waals surface area contributed by atoms with Crippen LogP contribution in [0.3, 0.4) is 0 Å². The number of hydrazine groups is 1. The van der Waals surface area contributed by atoms with E-state index in [9.17, 15) is 9.59 Å². The summed E-state index contributed by atoms with van der Waals surface area (Å²) >= 11 is 0. The molecule has 0 radical (unpaired) electrons. The van der Waals surface area contributed by atoms with E-state index < -0.39 is 18.2 Å². The minimum Gasteiger partial charge on any atom is -0.323 e. The molecule has 2 unspecified atom stereocenters. The number of hydrogen-bond donors (Lipinski definition) is 3. The van der Waals surface area contributed by atoms with Gasteiger partial charge in [-0.2, -0.15) is 0 Å². The molecule has 1 saturated heterocycles. The molecule has 2 aliphatic rings. The van der Waals surface area contributed by atoms with E-state index in [4.69, 9.17) is 5.84 Å². The van der Waals surface area contributed by atoms with Crippen molar-refractivity contribution in [1.29, 1.82) is 0 Å². The maximum Gasteiger partial charge on any atom is 0.325 e. The number of imide groups is 1. The van der Waals surface area contributed by atoms with Crippen molar-refractivity contribution in [3.05, 3.63) is 0 Å². The van der Waals surface area contributed by atoms with Crippen molar-refractivity contribution < 1.29 is 9.59 Å². The van der Waals surface area contributed by atoms with E-state index in [1.165, 1.54) is 4.90 Å². The molecule has 0 spiro atoms. The lowest BCUT2D eigenvalue weighted by Gasteiger charge is -2.37. The smallest absolute Gasteiger partial charge is 0.323 e. The van der Waals surface area contributed by atoms with Gasteiger partial charge in [-0.25, -0.2) is 15.6 Å². The largest absolute Gasteiger partial charge is 0.325 e. The Morgan fingerprint density at radius 3 is 2.65 bits per heavy atom. The molecule has 94 valence electrons. The van der Waals surface area contributed by atoms with Crippen LogP contribution < -0.4 is 16.6 Å². The Morgan fingerprint density at radius 2 is 2.12 bits per heavy atom. The summed E-state index contributed by atoms with van der Waals surface area (Å²) in [6.45, 7) is 3.86. The minimum absolute atomic E-state index is 0.0483. The fourth-order valence-electron chi connectivity index (χ4n) is 2.16. The lowest BCUT2D eigenvalue weighted by molar-refractivity contribution is -0.127. The molecule has 4 N–H and O–H groups in total. The zero-order chi connectivity index (χ0) is 12.7. The highest BCUT2D eigenvalue weighted by atomic mass is 16.2. The fourth-order valence-corrected chi connectivity index (χ4v) is 2.16. The Bertz CT molecular complexity index is 393. The Balaban J connectivity index is 2.37. The van der Waals surface area contributed by atoms with E-state index in [1.54, 1.807) is 11.9 Å². The lowest BCUT2D eigenvalue weighted by atomic mass is 10.1. The average Bonchev–Trinajstić information content (AvgIpc) is 2.65. The summed E-state index contributed by atoms with van der Waals surface area (Å²) < 4.78 is 0. The molecular formula is C9H16N6O2. The van der Waals surface area contributed by atoms with Gasteiger partial charge < -0.3 is 9.80 Å². The van der Waals surface area contributed by atoms with Crippen molar-refractivity contribution >= 4 is 17.9 Å². The second kappa shape index (κ2) is 3.88. The molecule has 0 aromatic heterocycles. The zero-order valence-electron chi connectivity index (χ0n) is 9.97. The first-order valence-corrected chi connectivity index (χ1v) is 5.37. The highest BCUT2D eigenvalue weighted by molar-refractivity contribution is 6.03. The van der Waals surface area contributed by atoms with Crippen LogP contribution in [0.1, 0.15) is 13.8 Å². The van der Waals surface area contributed by atoms with E-state index >= 15 is 0 Å². The van der Waals surface area contributed by atoms with Crippen molar-refractivity contribution in [1.82, 2.24) is 20.5 Å². The summed E-state index contributed by atoms with van der Waals surface area (Å²) in [7, 11) is 1.60. The Morgan fingerprint density at radius 1 is 1.47 bits per heavy atom. The van der Waals surface area contributed by atoms with E-state index in [0.717, 1.165) is 0 Å². The molecule has 0 saturated carbocycles. The monoisotopic (exact) mass is 240 g/mol. The minimum atomic E-state index is -0.524. The summed E-state index contributed by atoms with van der Waals surface area (Å²) in [5, 5.41) is 2.29. The molecule has 0 aromatic carbocycles. The number of urea groups is 1. The molecule has 3 amide bonds. The van der Waals surface area contributed by atoms with Gasteiger partial charge in [-0.1, -0.05) is 0 Å². The number of amides is 3. The highest BCUT2D eigenvalue weighted by Crippen LogP contribution is 2.24. The number of carbonyl (C=O) groups is 2.